The molecule has 0 spiro atoms. The van der Waals surface area contributed by atoms with Crippen LogP contribution in [0.25, 0.3) is 6.08 Å². The summed E-state index contributed by atoms with van der Waals surface area (Å²) in [7, 11) is -1.000. The number of halogens is 1. The maximum absolute atomic E-state index is 13.7. The van der Waals surface area contributed by atoms with Gasteiger partial charge in [0.25, 0.3) is 0 Å². The van der Waals surface area contributed by atoms with E-state index in [9.17, 15) is 24.1 Å². The lowest BCUT2D eigenvalue weighted by atomic mass is 9.58. The molecule has 1 aliphatic carbocycles. The Labute approximate surface area is 220 Å². The number of thiophene rings is 1. The monoisotopic (exact) mass is 523 g/mol. The van der Waals surface area contributed by atoms with Gasteiger partial charge in [0.05, 0.1) is 24.5 Å². The zero-order chi connectivity index (χ0) is 26.3. The second-order valence-electron chi connectivity index (χ2n) is 10.3. The highest BCUT2D eigenvalue weighted by Crippen LogP contribution is 2.51. The summed E-state index contributed by atoms with van der Waals surface area (Å²) in [5.41, 5.74) is 3.90. The third-order valence-electron chi connectivity index (χ3n) is 7.91. The number of rotatable bonds is 7. The van der Waals surface area contributed by atoms with Gasteiger partial charge in [-0.1, -0.05) is 36.3 Å². The molecule has 5 rings (SSSR count). The topological polar surface area (TPSA) is 87.1 Å². The number of phenols is 1. The van der Waals surface area contributed by atoms with E-state index in [2.05, 4.69) is 6.92 Å². The number of amides is 2. The molecule has 2 saturated heterocycles. The minimum absolute atomic E-state index is 0.106. The number of hydrogen-bond donors (Lipinski definition) is 2. The molecule has 0 saturated carbocycles. The predicted octanol–water partition coefficient (Wildman–Crippen LogP) is 5.18. The first-order chi connectivity index (χ1) is 17.8. The number of allylic oxidation sites excluding steroid dienone is 2. The Morgan fingerprint density at radius 1 is 1.27 bits per heavy atom. The Morgan fingerprint density at radius 2 is 2.08 bits per heavy atom. The zero-order valence-corrected chi connectivity index (χ0v) is 21.8. The van der Waals surface area contributed by atoms with Gasteiger partial charge in [0.2, 0.25) is 11.8 Å². The van der Waals surface area contributed by atoms with Gasteiger partial charge in [-0.25, -0.2) is 4.39 Å². The van der Waals surface area contributed by atoms with E-state index < -0.39 is 18.9 Å². The number of nitrogens with zero attached hydrogens (tertiary/aromatic N) is 1. The van der Waals surface area contributed by atoms with Crippen molar-refractivity contribution >= 4 is 36.3 Å². The van der Waals surface area contributed by atoms with E-state index in [1.807, 2.05) is 30.5 Å². The van der Waals surface area contributed by atoms with Gasteiger partial charge in [0.1, 0.15) is 0 Å². The average molecular weight is 523 g/mol. The molecule has 1 aromatic heterocycles. The first-order valence-electron chi connectivity index (χ1n) is 12.9. The van der Waals surface area contributed by atoms with Crippen molar-refractivity contribution in [2.24, 2.45) is 17.8 Å². The lowest BCUT2D eigenvalue weighted by Crippen LogP contribution is -2.46. The Kier molecular flexibility index (Phi) is 7.38. The van der Waals surface area contributed by atoms with Crippen LogP contribution in [0.1, 0.15) is 50.0 Å². The number of phenolic OH excluding ortho intramolecular Hbond substituents is 1. The highest BCUT2D eigenvalue weighted by atomic mass is 32.1. The molecule has 37 heavy (non-hydrogen) atoms. The van der Waals surface area contributed by atoms with Crippen LogP contribution in [0, 0.1) is 23.6 Å². The average Bonchev–Trinajstić information content (AvgIpc) is 3.47. The van der Waals surface area contributed by atoms with E-state index in [4.69, 9.17) is 4.65 Å². The fraction of sp³-hybridized carbons (Fsp3) is 0.429. The fourth-order valence-electron chi connectivity index (χ4n) is 6.21. The molecule has 9 heteroatoms. The summed E-state index contributed by atoms with van der Waals surface area (Å²) < 4.78 is 19.7. The Balaban J connectivity index is 1.37. The number of carbonyl (C=O) groups is 2. The molecule has 1 aromatic carbocycles. The van der Waals surface area contributed by atoms with Gasteiger partial charge in [-0.15, -0.1) is 11.3 Å². The quantitative estimate of drug-likeness (QED) is 0.297. The van der Waals surface area contributed by atoms with E-state index in [0.717, 1.165) is 28.0 Å². The van der Waals surface area contributed by atoms with Crippen LogP contribution < -0.4 is 0 Å². The summed E-state index contributed by atoms with van der Waals surface area (Å²) in [5.74, 6) is -2.35. The molecule has 2 N–H and O–H groups in total. The lowest BCUT2D eigenvalue weighted by Gasteiger charge is -2.43. The third-order valence-corrected chi connectivity index (χ3v) is 8.77. The minimum Gasteiger partial charge on any atom is -0.505 e. The molecule has 2 fully saturated rings. The third kappa shape index (κ3) is 5.04. The SMILES string of the molecule is CCC1=C2[C@@H](CC/C(C)=C/c3ccc(O)c(F)c3)OB(O)C[C@@H]2[C@@H]2C(=O)N(Cc3cccs3)C(=O)[C@@H]2C1. The van der Waals surface area contributed by atoms with Gasteiger partial charge in [-0.3, -0.25) is 14.5 Å². The van der Waals surface area contributed by atoms with Gasteiger partial charge in [-0.2, -0.15) is 0 Å². The minimum atomic E-state index is -1.000. The number of aromatic hydroxyl groups is 1. The molecule has 2 aromatic rings. The molecule has 6 nitrogen and oxygen atoms in total. The van der Waals surface area contributed by atoms with E-state index in [1.54, 1.807) is 6.07 Å². The maximum atomic E-state index is 13.7. The van der Waals surface area contributed by atoms with E-state index in [-0.39, 0.29) is 35.5 Å². The van der Waals surface area contributed by atoms with Crippen molar-refractivity contribution in [3.05, 3.63) is 68.7 Å². The van der Waals surface area contributed by atoms with Gasteiger partial charge in [0.15, 0.2) is 11.6 Å². The Hall–Kier alpha value is -2.75. The molecule has 194 valence electrons. The van der Waals surface area contributed by atoms with Crippen LogP contribution in [-0.2, 0) is 20.8 Å². The molecule has 0 unspecified atom stereocenters. The van der Waals surface area contributed by atoms with E-state index >= 15 is 0 Å². The summed E-state index contributed by atoms with van der Waals surface area (Å²) in [6.45, 7) is 4.32. The first kappa shape index (κ1) is 25.9. The van der Waals surface area contributed by atoms with Crippen LogP contribution in [0.5, 0.6) is 5.75 Å². The van der Waals surface area contributed by atoms with E-state index in [0.29, 0.717) is 37.7 Å². The van der Waals surface area contributed by atoms with Crippen molar-refractivity contribution < 1.29 is 28.8 Å². The number of likely N-dealkylation sites (tertiary alicyclic amines) is 1. The van der Waals surface area contributed by atoms with Crippen molar-refractivity contribution in [3.63, 3.8) is 0 Å². The molecule has 2 aliphatic heterocycles. The molecule has 3 aliphatic rings. The van der Waals surface area contributed by atoms with Gasteiger partial charge < -0.3 is 14.8 Å². The second kappa shape index (κ2) is 10.6. The molecule has 2 amide bonds. The summed E-state index contributed by atoms with van der Waals surface area (Å²) >= 11 is 1.53. The smallest absolute Gasteiger partial charge is 0.455 e. The predicted molar refractivity (Wildman–Crippen MR) is 141 cm³/mol. The number of hydrogen-bond acceptors (Lipinski definition) is 6. The van der Waals surface area contributed by atoms with Crippen molar-refractivity contribution in [2.75, 3.05) is 0 Å². The van der Waals surface area contributed by atoms with Crippen molar-refractivity contribution in [3.8, 4) is 5.75 Å². The summed E-state index contributed by atoms with van der Waals surface area (Å²) in [5, 5.41) is 22.0. The van der Waals surface area contributed by atoms with Gasteiger partial charge in [0, 0.05) is 4.88 Å². The number of fused-ring (bicyclic) bond motifs is 3. The van der Waals surface area contributed by atoms with Gasteiger partial charge >= 0.3 is 7.12 Å². The second-order valence-corrected chi connectivity index (χ2v) is 11.3. The molecular weight excluding hydrogens is 492 g/mol. The summed E-state index contributed by atoms with van der Waals surface area (Å²) in [6.07, 6.45) is 4.40. The lowest BCUT2D eigenvalue weighted by molar-refractivity contribution is -0.140. The van der Waals surface area contributed by atoms with E-state index in [1.165, 1.54) is 28.4 Å². The van der Waals surface area contributed by atoms with Crippen LogP contribution in [0.3, 0.4) is 0 Å². The van der Waals surface area contributed by atoms with Gasteiger partial charge in [-0.05, 0) is 79.6 Å². The molecular formula is C28H31BFNO5S. The maximum Gasteiger partial charge on any atom is 0.455 e. The number of benzene rings is 1. The molecule has 0 bridgehead atoms. The van der Waals surface area contributed by atoms with Crippen LogP contribution in [0.4, 0.5) is 4.39 Å². The van der Waals surface area contributed by atoms with Crippen LogP contribution in [0.15, 0.2) is 52.4 Å². The first-order valence-corrected chi connectivity index (χ1v) is 13.7. The largest absolute Gasteiger partial charge is 0.505 e. The fourth-order valence-corrected chi connectivity index (χ4v) is 6.90. The van der Waals surface area contributed by atoms with Crippen LogP contribution in [-0.4, -0.2) is 40.1 Å². The van der Waals surface area contributed by atoms with Crippen LogP contribution >= 0.6 is 11.3 Å². The van der Waals surface area contributed by atoms with Crippen molar-refractivity contribution in [1.29, 1.82) is 0 Å². The normalized spacial score (nSPS) is 26.1. The standard InChI is InChI=1S/C28H31BFNO5S/c1-3-18-13-20-26(28(34)31(27(20)33)15-19-5-4-10-37-19)21-14-29(35)36-24(25(18)21)9-6-16(2)11-17-7-8-23(32)22(30)12-17/h4-5,7-8,10-12,20-21,24,26,32,35H,3,6,9,13-15H2,1-2H3/b16-11+/t20-,21+,24-,26-/m1/s1. The highest BCUT2D eigenvalue weighted by molar-refractivity contribution is 7.09. The molecule has 4 atom stereocenters. The Bertz CT molecular complexity index is 1260. The van der Waals surface area contributed by atoms with Crippen molar-refractivity contribution in [2.45, 2.75) is 58.5 Å². The number of imide groups is 1. The summed E-state index contributed by atoms with van der Waals surface area (Å²) in [6, 6.07) is 8.13. The molecule has 3 heterocycles. The highest BCUT2D eigenvalue weighted by Gasteiger charge is 2.57. The van der Waals surface area contributed by atoms with Crippen LogP contribution in [0.2, 0.25) is 6.32 Å². The Morgan fingerprint density at radius 3 is 2.78 bits per heavy atom. The molecule has 0 radical (unpaired) electrons. The van der Waals surface area contributed by atoms with Crippen molar-refractivity contribution in [1.82, 2.24) is 4.90 Å². The summed E-state index contributed by atoms with van der Waals surface area (Å²) in [4.78, 5) is 29.3. The zero-order valence-electron chi connectivity index (χ0n) is 21.0. The number of carbonyl (C=O) groups excluding carboxylic acids is 2.